The fourth-order valence-electron chi connectivity index (χ4n) is 2.09. The SMILES string of the molecule is CCCCc1nc(NCCC)c(I)c(-c2ccccc2)n1. The van der Waals surface area contributed by atoms with E-state index < -0.39 is 0 Å². The summed E-state index contributed by atoms with van der Waals surface area (Å²) in [7, 11) is 0. The summed E-state index contributed by atoms with van der Waals surface area (Å²) in [5.74, 6) is 1.91. The van der Waals surface area contributed by atoms with Crippen LogP contribution in [0.2, 0.25) is 0 Å². The number of hydrogen-bond acceptors (Lipinski definition) is 3. The molecule has 1 heterocycles. The van der Waals surface area contributed by atoms with Gasteiger partial charge in [0.15, 0.2) is 0 Å². The van der Waals surface area contributed by atoms with Crippen LogP contribution in [0, 0.1) is 3.57 Å². The molecule has 0 unspecified atom stereocenters. The lowest BCUT2D eigenvalue weighted by Gasteiger charge is -2.13. The van der Waals surface area contributed by atoms with Gasteiger partial charge in [0, 0.05) is 18.5 Å². The first-order valence-corrected chi connectivity index (χ1v) is 8.69. The molecule has 0 aliphatic rings. The maximum Gasteiger partial charge on any atom is 0.143 e. The smallest absolute Gasteiger partial charge is 0.143 e. The van der Waals surface area contributed by atoms with Crippen molar-refractivity contribution in [3.63, 3.8) is 0 Å². The van der Waals surface area contributed by atoms with E-state index in [0.717, 1.165) is 58.7 Å². The van der Waals surface area contributed by atoms with Crippen LogP contribution in [0.4, 0.5) is 5.82 Å². The van der Waals surface area contributed by atoms with E-state index in [1.165, 1.54) is 0 Å². The molecular weight excluding hydrogens is 373 g/mol. The van der Waals surface area contributed by atoms with Gasteiger partial charge in [-0.2, -0.15) is 0 Å². The number of nitrogens with zero attached hydrogens (tertiary/aromatic N) is 2. The second-order valence-corrected chi connectivity index (χ2v) is 6.13. The normalized spacial score (nSPS) is 10.6. The first kappa shape index (κ1) is 16.2. The molecule has 1 aromatic carbocycles. The van der Waals surface area contributed by atoms with Crippen molar-refractivity contribution < 1.29 is 0 Å². The monoisotopic (exact) mass is 395 g/mol. The number of anilines is 1. The van der Waals surface area contributed by atoms with Gasteiger partial charge in [-0.15, -0.1) is 0 Å². The van der Waals surface area contributed by atoms with E-state index in [2.05, 4.69) is 66.0 Å². The third-order valence-corrected chi connectivity index (χ3v) is 4.26. The van der Waals surface area contributed by atoms with Gasteiger partial charge < -0.3 is 5.32 Å². The van der Waals surface area contributed by atoms with Gasteiger partial charge in [-0.25, -0.2) is 9.97 Å². The number of unbranched alkanes of at least 4 members (excludes halogenated alkanes) is 1. The van der Waals surface area contributed by atoms with Gasteiger partial charge in [0.25, 0.3) is 0 Å². The highest BCUT2D eigenvalue weighted by Gasteiger charge is 2.13. The standard InChI is InChI=1S/C17H22IN3/c1-3-5-11-14-20-16(13-9-7-6-8-10-13)15(18)17(21-14)19-12-4-2/h6-10H,3-5,11-12H2,1-2H3,(H,19,20,21). The summed E-state index contributed by atoms with van der Waals surface area (Å²) in [5.41, 5.74) is 2.19. The van der Waals surface area contributed by atoms with E-state index in [-0.39, 0.29) is 0 Å². The molecule has 0 radical (unpaired) electrons. The average molecular weight is 395 g/mol. The van der Waals surface area contributed by atoms with Crippen molar-refractivity contribution in [3.05, 3.63) is 39.7 Å². The highest BCUT2D eigenvalue weighted by Crippen LogP contribution is 2.28. The van der Waals surface area contributed by atoms with Gasteiger partial charge in [-0.1, -0.05) is 50.6 Å². The molecule has 0 saturated heterocycles. The molecule has 2 rings (SSSR count). The predicted molar refractivity (Wildman–Crippen MR) is 97.6 cm³/mol. The Bertz CT molecular complexity index is 570. The minimum atomic E-state index is 0.939. The van der Waals surface area contributed by atoms with Crippen molar-refractivity contribution in [1.29, 1.82) is 0 Å². The number of nitrogens with one attached hydrogen (secondary N) is 1. The fourth-order valence-corrected chi connectivity index (χ4v) is 2.83. The molecule has 112 valence electrons. The van der Waals surface area contributed by atoms with Crippen molar-refractivity contribution in [3.8, 4) is 11.3 Å². The van der Waals surface area contributed by atoms with Crippen LogP contribution in [0.3, 0.4) is 0 Å². The van der Waals surface area contributed by atoms with Gasteiger partial charge in [0.05, 0.1) is 9.26 Å². The lowest BCUT2D eigenvalue weighted by atomic mass is 10.1. The Labute approximate surface area is 140 Å². The van der Waals surface area contributed by atoms with Gasteiger partial charge in [-0.05, 0) is 35.4 Å². The lowest BCUT2D eigenvalue weighted by molar-refractivity contribution is 0.752. The third-order valence-electron chi connectivity index (χ3n) is 3.24. The van der Waals surface area contributed by atoms with E-state index in [0.29, 0.717) is 0 Å². The molecule has 0 aliphatic heterocycles. The van der Waals surface area contributed by atoms with Crippen LogP contribution >= 0.6 is 22.6 Å². The Morgan fingerprint density at radius 3 is 2.48 bits per heavy atom. The molecule has 0 atom stereocenters. The Morgan fingerprint density at radius 2 is 1.81 bits per heavy atom. The second-order valence-electron chi connectivity index (χ2n) is 5.05. The summed E-state index contributed by atoms with van der Waals surface area (Å²) in [4.78, 5) is 9.49. The fraction of sp³-hybridized carbons (Fsp3) is 0.412. The molecule has 2 aromatic rings. The van der Waals surface area contributed by atoms with Crippen LogP contribution in [0.25, 0.3) is 11.3 Å². The van der Waals surface area contributed by atoms with E-state index in [1.807, 2.05) is 6.07 Å². The van der Waals surface area contributed by atoms with E-state index in [1.54, 1.807) is 0 Å². The van der Waals surface area contributed by atoms with Gasteiger partial charge >= 0.3 is 0 Å². The molecule has 0 amide bonds. The summed E-state index contributed by atoms with van der Waals surface area (Å²) in [6.45, 7) is 5.30. The largest absolute Gasteiger partial charge is 0.369 e. The summed E-state index contributed by atoms with van der Waals surface area (Å²) < 4.78 is 1.10. The summed E-state index contributed by atoms with van der Waals surface area (Å²) in [6.07, 6.45) is 4.31. The van der Waals surface area contributed by atoms with Gasteiger partial charge in [0.1, 0.15) is 11.6 Å². The topological polar surface area (TPSA) is 37.8 Å². The van der Waals surface area contributed by atoms with Crippen LogP contribution in [-0.2, 0) is 6.42 Å². The summed E-state index contributed by atoms with van der Waals surface area (Å²) in [6, 6.07) is 10.4. The number of halogens is 1. The predicted octanol–water partition coefficient (Wildman–Crippen LogP) is 4.91. The third kappa shape index (κ3) is 4.40. The van der Waals surface area contributed by atoms with Crippen molar-refractivity contribution in [2.75, 3.05) is 11.9 Å². The molecule has 0 aliphatic carbocycles. The minimum absolute atomic E-state index is 0.939. The van der Waals surface area contributed by atoms with Crippen LogP contribution in [0.5, 0.6) is 0 Å². The van der Waals surface area contributed by atoms with E-state index >= 15 is 0 Å². The van der Waals surface area contributed by atoms with Gasteiger partial charge in [0.2, 0.25) is 0 Å². The zero-order valence-electron chi connectivity index (χ0n) is 12.7. The zero-order chi connectivity index (χ0) is 15.1. The lowest BCUT2D eigenvalue weighted by Crippen LogP contribution is -2.09. The van der Waals surface area contributed by atoms with Crippen LogP contribution in [0.1, 0.15) is 38.9 Å². The maximum absolute atomic E-state index is 4.79. The average Bonchev–Trinajstić information content (AvgIpc) is 2.53. The molecule has 1 aromatic heterocycles. The second kappa shape index (κ2) is 8.32. The summed E-state index contributed by atoms with van der Waals surface area (Å²) in [5, 5.41) is 3.43. The molecular formula is C17H22IN3. The number of aromatic nitrogens is 2. The highest BCUT2D eigenvalue weighted by atomic mass is 127. The number of hydrogen-bond donors (Lipinski definition) is 1. The molecule has 1 N–H and O–H groups in total. The highest BCUT2D eigenvalue weighted by molar-refractivity contribution is 14.1. The van der Waals surface area contributed by atoms with Crippen molar-refractivity contribution >= 4 is 28.4 Å². The van der Waals surface area contributed by atoms with Crippen molar-refractivity contribution in [2.24, 2.45) is 0 Å². The Kier molecular flexibility index (Phi) is 6.42. The van der Waals surface area contributed by atoms with Crippen molar-refractivity contribution in [1.82, 2.24) is 9.97 Å². The quantitative estimate of drug-likeness (QED) is 0.677. The number of benzene rings is 1. The van der Waals surface area contributed by atoms with Crippen molar-refractivity contribution in [2.45, 2.75) is 39.5 Å². The molecule has 3 nitrogen and oxygen atoms in total. The Morgan fingerprint density at radius 1 is 1.05 bits per heavy atom. The molecule has 0 saturated carbocycles. The van der Waals surface area contributed by atoms with E-state index in [9.17, 15) is 0 Å². The zero-order valence-corrected chi connectivity index (χ0v) is 14.9. The first-order chi connectivity index (χ1) is 10.3. The van der Waals surface area contributed by atoms with Crippen LogP contribution < -0.4 is 5.32 Å². The van der Waals surface area contributed by atoms with E-state index in [4.69, 9.17) is 9.97 Å². The van der Waals surface area contributed by atoms with Crippen LogP contribution in [0.15, 0.2) is 30.3 Å². The minimum Gasteiger partial charge on any atom is -0.369 e. The Hall–Kier alpha value is -1.17. The molecule has 0 bridgehead atoms. The Balaban J connectivity index is 2.41. The molecule has 0 spiro atoms. The maximum atomic E-state index is 4.79. The molecule has 4 heteroatoms. The van der Waals surface area contributed by atoms with Crippen LogP contribution in [-0.4, -0.2) is 16.5 Å². The molecule has 21 heavy (non-hydrogen) atoms. The number of rotatable bonds is 7. The molecule has 0 fully saturated rings. The number of aryl methyl sites for hydroxylation is 1. The summed E-state index contributed by atoms with van der Waals surface area (Å²) >= 11 is 2.35. The first-order valence-electron chi connectivity index (χ1n) is 7.62. The van der Waals surface area contributed by atoms with Gasteiger partial charge in [-0.3, -0.25) is 0 Å².